The predicted molar refractivity (Wildman–Crippen MR) is 214 cm³/mol. The molecule has 0 spiro atoms. The van der Waals surface area contributed by atoms with Gasteiger partial charge >= 0.3 is 30.0 Å². The summed E-state index contributed by atoms with van der Waals surface area (Å²) in [6.45, 7) is 17.6. The molecule has 2 aromatic rings. The average molecular weight is 798 g/mol. The summed E-state index contributed by atoms with van der Waals surface area (Å²) in [7, 11) is 0. The number of carbonyl (C=O) groups is 6. The minimum absolute atomic E-state index is 0.0291. The van der Waals surface area contributed by atoms with Gasteiger partial charge in [0.1, 0.15) is 41.5 Å². The number of pyridine rings is 1. The fourth-order valence-corrected chi connectivity index (χ4v) is 5.23. The van der Waals surface area contributed by atoms with Crippen LogP contribution >= 0.6 is 0 Å². The summed E-state index contributed by atoms with van der Waals surface area (Å²) in [6, 6.07) is 6.97. The Bertz CT molecular complexity index is 1610. The molecule has 57 heavy (non-hydrogen) atoms. The maximum Gasteiger partial charge on any atom is 0.408 e. The van der Waals surface area contributed by atoms with E-state index in [0.29, 0.717) is 12.8 Å². The first kappa shape index (κ1) is 47.9. The van der Waals surface area contributed by atoms with Gasteiger partial charge in [-0.15, -0.1) is 0 Å². The summed E-state index contributed by atoms with van der Waals surface area (Å²) in [5.41, 5.74) is 0.300. The number of benzene rings is 1. The van der Waals surface area contributed by atoms with Gasteiger partial charge in [0.25, 0.3) is 0 Å². The third-order valence-corrected chi connectivity index (χ3v) is 7.87. The molecule has 4 N–H and O–H groups in total. The Balaban J connectivity index is 2.13. The summed E-state index contributed by atoms with van der Waals surface area (Å²) in [4.78, 5) is 82.2. The van der Waals surface area contributed by atoms with Gasteiger partial charge in [-0.2, -0.15) is 0 Å². The molecule has 0 aliphatic carbocycles. The molecule has 0 saturated heterocycles. The Morgan fingerprint density at radius 3 is 1.75 bits per heavy atom. The first-order chi connectivity index (χ1) is 26.5. The van der Waals surface area contributed by atoms with E-state index in [0.717, 1.165) is 23.1 Å². The minimum Gasteiger partial charge on any atom is -0.460 e. The maximum absolute atomic E-state index is 13.4. The number of alkyl carbamates (subject to hydrolysis) is 1. The van der Waals surface area contributed by atoms with Gasteiger partial charge < -0.3 is 40.2 Å². The molecule has 15 heteroatoms. The lowest BCUT2D eigenvalue weighted by Crippen LogP contribution is -2.52. The van der Waals surface area contributed by atoms with Crippen LogP contribution in [0.15, 0.2) is 48.8 Å². The number of nitrogens with one attached hydrogen (secondary N) is 4. The van der Waals surface area contributed by atoms with Gasteiger partial charge in [-0.1, -0.05) is 31.2 Å². The monoisotopic (exact) mass is 797 g/mol. The zero-order valence-corrected chi connectivity index (χ0v) is 35.2. The summed E-state index contributed by atoms with van der Waals surface area (Å²) in [6.07, 6.45) is 4.13. The van der Waals surface area contributed by atoms with Crippen molar-refractivity contribution in [2.24, 2.45) is 0 Å². The summed E-state index contributed by atoms with van der Waals surface area (Å²) in [5, 5.41) is 10.7. The number of carbonyl (C=O) groups excluding carboxylic acids is 6. The van der Waals surface area contributed by atoms with E-state index in [4.69, 9.17) is 18.9 Å². The second-order valence-corrected chi connectivity index (χ2v) is 16.7. The largest absolute Gasteiger partial charge is 0.460 e. The molecule has 1 aromatic carbocycles. The molecule has 2 rings (SSSR count). The minimum atomic E-state index is -1.23. The van der Waals surface area contributed by atoms with Crippen LogP contribution in [-0.2, 0) is 57.6 Å². The van der Waals surface area contributed by atoms with Crippen molar-refractivity contribution in [3.8, 4) is 0 Å². The Labute approximate surface area is 337 Å². The number of urea groups is 1. The molecule has 1 heterocycles. The standard InChI is InChI=1S/C42H63N5O10/c1-11-28-15-17-30(18-16-28)27-54-36(50)31(45-38(52)46-32(37(51)56-41(5,6)7)19-20-34(48)55-40(2,3)4)14-12-13-23-44-35(49)33(26-29-21-24-43-25-22-29)47-39(53)57-42(8,9)10/h15-18,21-22,24-25,31-33H,11-14,19-20,23,26-27H2,1-10H3,(H,44,49)(H,47,53)(H2,45,46,52)/t31-,32-,33-/m0/s1. The third-order valence-electron chi connectivity index (χ3n) is 7.87. The fraction of sp³-hybridized carbons (Fsp3) is 0.595. The van der Waals surface area contributed by atoms with E-state index >= 15 is 0 Å². The number of amides is 4. The van der Waals surface area contributed by atoms with Gasteiger partial charge in [-0.25, -0.2) is 19.2 Å². The molecule has 0 aliphatic heterocycles. The van der Waals surface area contributed by atoms with Crippen LogP contribution in [0, 0.1) is 0 Å². The average Bonchev–Trinajstić information content (AvgIpc) is 3.09. The quantitative estimate of drug-likeness (QED) is 0.0783. The molecule has 0 aliphatic rings. The van der Waals surface area contributed by atoms with E-state index in [1.54, 1.807) is 86.8 Å². The van der Waals surface area contributed by atoms with E-state index in [1.165, 1.54) is 0 Å². The van der Waals surface area contributed by atoms with E-state index in [1.807, 2.05) is 31.2 Å². The van der Waals surface area contributed by atoms with E-state index in [-0.39, 0.29) is 38.8 Å². The van der Waals surface area contributed by atoms with Gasteiger partial charge in [-0.3, -0.25) is 14.6 Å². The number of hydrogen-bond donors (Lipinski definition) is 4. The second kappa shape index (κ2) is 22.5. The smallest absolute Gasteiger partial charge is 0.408 e. The van der Waals surface area contributed by atoms with Crippen LogP contribution in [0.5, 0.6) is 0 Å². The highest BCUT2D eigenvalue weighted by Gasteiger charge is 2.31. The van der Waals surface area contributed by atoms with Crippen LogP contribution in [0.1, 0.15) is 118 Å². The van der Waals surface area contributed by atoms with Crippen LogP contribution in [0.4, 0.5) is 9.59 Å². The molecule has 0 radical (unpaired) electrons. The first-order valence-corrected chi connectivity index (χ1v) is 19.5. The fourth-order valence-electron chi connectivity index (χ4n) is 5.23. The molecule has 316 valence electrons. The molecule has 4 amide bonds. The van der Waals surface area contributed by atoms with Crippen molar-refractivity contribution in [3.05, 3.63) is 65.5 Å². The number of ether oxygens (including phenoxy) is 4. The zero-order chi connectivity index (χ0) is 42.8. The highest BCUT2D eigenvalue weighted by molar-refractivity contribution is 5.88. The molecule has 3 atom stereocenters. The Kier molecular flexibility index (Phi) is 18.9. The first-order valence-electron chi connectivity index (χ1n) is 19.5. The third kappa shape index (κ3) is 21.0. The predicted octanol–water partition coefficient (Wildman–Crippen LogP) is 5.61. The Morgan fingerprint density at radius 2 is 1.19 bits per heavy atom. The van der Waals surface area contributed by atoms with Crippen LogP contribution in [0.2, 0.25) is 0 Å². The number of aryl methyl sites for hydroxylation is 1. The van der Waals surface area contributed by atoms with Crippen molar-refractivity contribution in [1.82, 2.24) is 26.3 Å². The Morgan fingerprint density at radius 1 is 0.632 bits per heavy atom. The number of aromatic nitrogens is 1. The van der Waals surface area contributed by atoms with Gasteiger partial charge in [0.05, 0.1) is 0 Å². The highest BCUT2D eigenvalue weighted by atomic mass is 16.6. The van der Waals surface area contributed by atoms with E-state index in [9.17, 15) is 28.8 Å². The van der Waals surface area contributed by atoms with Crippen LogP contribution < -0.4 is 21.3 Å². The van der Waals surface area contributed by atoms with Crippen molar-refractivity contribution in [1.29, 1.82) is 0 Å². The maximum atomic E-state index is 13.4. The van der Waals surface area contributed by atoms with Crippen LogP contribution in [-0.4, -0.2) is 82.4 Å². The van der Waals surface area contributed by atoms with Gasteiger partial charge in [0, 0.05) is 31.8 Å². The van der Waals surface area contributed by atoms with Crippen LogP contribution in [0.25, 0.3) is 0 Å². The lowest BCUT2D eigenvalue weighted by molar-refractivity contribution is -0.158. The summed E-state index contributed by atoms with van der Waals surface area (Å²) in [5.74, 6) is -2.44. The molecule has 0 bridgehead atoms. The van der Waals surface area contributed by atoms with Crippen molar-refractivity contribution in [2.45, 2.75) is 156 Å². The second-order valence-electron chi connectivity index (χ2n) is 16.7. The number of hydrogen-bond acceptors (Lipinski definition) is 11. The Hall–Kier alpha value is -5.21. The van der Waals surface area contributed by atoms with Gasteiger partial charge in [0.15, 0.2) is 0 Å². The van der Waals surface area contributed by atoms with Crippen LogP contribution in [0.3, 0.4) is 0 Å². The molecular weight excluding hydrogens is 734 g/mol. The molecule has 15 nitrogen and oxygen atoms in total. The topological polar surface area (TPSA) is 200 Å². The number of esters is 3. The molecular formula is C42H63N5O10. The van der Waals surface area contributed by atoms with Crippen molar-refractivity contribution in [2.75, 3.05) is 6.54 Å². The summed E-state index contributed by atoms with van der Waals surface area (Å²) < 4.78 is 21.8. The highest BCUT2D eigenvalue weighted by Crippen LogP contribution is 2.15. The zero-order valence-electron chi connectivity index (χ0n) is 35.2. The number of nitrogens with zero attached hydrogens (tertiary/aromatic N) is 1. The molecule has 0 fully saturated rings. The normalized spacial score (nSPS) is 13.2. The van der Waals surface area contributed by atoms with E-state index < -0.39 is 70.9 Å². The lowest BCUT2D eigenvalue weighted by Gasteiger charge is -2.26. The lowest BCUT2D eigenvalue weighted by atomic mass is 10.1. The molecule has 0 unspecified atom stereocenters. The van der Waals surface area contributed by atoms with Gasteiger partial charge in [0.2, 0.25) is 5.91 Å². The van der Waals surface area contributed by atoms with E-state index in [2.05, 4.69) is 26.3 Å². The molecule has 1 aromatic heterocycles. The van der Waals surface area contributed by atoms with Crippen molar-refractivity contribution >= 4 is 35.9 Å². The van der Waals surface area contributed by atoms with Crippen molar-refractivity contribution < 1.29 is 47.7 Å². The summed E-state index contributed by atoms with van der Waals surface area (Å²) >= 11 is 0. The van der Waals surface area contributed by atoms with Gasteiger partial charge in [-0.05, 0) is 123 Å². The SMILES string of the molecule is CCc1ccc(COC(=O)[C@H](CCCCNC(=O)[C@H](Cc2ccncc2)NC(=O)OC(C)(C)C)NC(=O)N[C@@H](CCC(=O)OC(C)(C)C)C(=O)OC(C)(C)C)cc1. The molecule has 0 saturated carbocycles. The number of rotatable bonds is 19. The van der Waals surface area contributed by atoms with Crippen molar-refractivity contribution in [3.63, 3.8) is 0 Å². The number of unbranched alkanes of at least 4 members (excludes halogenated alkanes) is 1.